The summed E-state index contributed by atoms with van der Waals surface area (Å²) < 4.78 is 34.5. The third-order valence-electron chi connectivity index (χ3n) is 3.62. The van der Waals surface area contributed by atoms with Crippen LogP contribution in [-0.4, -0.2) is 26.7 Å². The predicted molar refractivity (Wildman–Crippen MR) is 100 cm³/mol. The summed E-state index contributed by atoms with van der Waals surface area (Å²) in [6.07, 6.45) is 1.03. The van der Waals surface area contributed by atoms with Crippen LogP contribution in [0.2, 0.25) is 0 Å². The highest BCUT2D eigenvalue weighted by Gasteiger charge is 2.11. The first-order valence-corrected chi connectivity index (χ1v) is 9.01. The molecule has 0 radical (unpaired) electrons. The molecule has 0 amide bonds. The van der Waals surface area contributed by atoms with E-state index in [2.05, 4.69) is 39.4 Å². The predicted octanol–water partition coefficient (Wildman–Crippen LogP) is 3.79. The van der Waals surface area contributed by atoms with Crippen LogP contribution in [0.4, 0.5) is 8.78 Å². The number of guanidine groups is 1. The van der Waals surface area contributed by atoms with Crippen molar-refractivity contribution in [2.45, 2.75) is 33.0 Å². The lowest BCUT2D eigenvalue weighted by Crippen LogP contribution is -2.36. The van der Waals surface area contributed by atoms with E-state index >= 15 is 0 Å². The highest BCUT2D eigenvalue weighted by Crippen LogP contribution is 2.29. The second-order valence-electron chi connectivity index (χ2n) is 5.36. The second-order valence-corrected chi connectivity index (χ2v) is 6.62. The van der Waals surface area contributed by atoms with E-state index in [0.29, 0.717) is 19.0 Å². The Morgan fingerprint density at radius 2 is 1.85 bits per heavy atom. The van der Waals surface area contributed by atoms with E-state index in [1.807, 2.05) is 0 Å². The van der Waals surface area contributed by atoms with E-state index in [1.165, 1.54) is 22.9 Å². The van der Waals surface area contributed by atoms with Crippen LogP contribution in [0.15, 0.2) is 35.3 Å². The fourth-order valence-electron chi connectivity index (χ4n) is 2.30. The summed E-state index contributed by atoms with van der Waals surface area (Å²) in [4.78, 5) is 6.74. The summed E-state index contributed by atoms with van der Waals surface area (Å²) in [5, 5.41) is 6.39. The number of hydrogen-bond donors (Lipinski definition) is 2. The summed E-state index contributed by atoms with van der Waals surface area (Å²) >= 11 is 1.76. The number of aryl methyl sites for hydroxylation is 1. The number of halogens is 2. The molecule has 1 aromatic carbocycles. The van der Waals surface area contributed by atoms with E-state index in [1.54, 1.807) is 30.5 Å². The first kappa shape index (κ1) is 20.0. The topological polar surface area (TPSA) is 54.9 Å². The molecule has 1 aromatic heterocycles. The van der Waals surface area contributed by atoms with Crippen LogP contribution in [0.1, 0.15) is 22.2 Å². The fourth-order valence-corrected chi connectivity index (χ4v) is 3.20. The van der Waals surface area contributed by atoms with Gasteiger partial charge in [-0.25, -0.2) is 0 Å². The fraction of sp³-hybridized carbons (Fsp3) is 0.389. The molecule has 8 heteroatoms. The zero-order valence-corrected chi connectivity index (χ0v) is 15.8. The average Bonchev–Trinajstić information content (AvgIpc) is 3.09. The molecule has 0 atom stereocenters. The van der Waals surface area contributed by atoms with Gasteiger partial charge in [-0.05, 0) is 36.2 Å². The molecule has 0 aliphatic heterocycles. The Bertz CT molecular complexity index is 735. The van der Waals surface area contributed by atoms with Crippen molar-refractivity contribution < 1.29 is 18.3 Å². The number of hydrogen-bond acceptors (Lipinski definition) is 4. The van der Waals surface area contributed by atoms with Crippen LogP contribution in [0.3, 0.4) is 0 Å². The number of methoxy groups -OCH3 is 1. The normalized spacial score (nSPS) is 11.5. The van der Waals surface area contributed by atoms with Gasteiger partial charge in [-0.1, -0.05) is 13.0 Å². The van der Waals surface area contributed by atoms with Gasteiger partial charge in [0.15, 0.2) is 17.5 Å². The lowest BCUT2D eigenvalue weighted by atomic mass is 10.2. The number of alkyl halides is 2. The summed E-state index contributed by atoms with van der Waals surface area (Å²) in [6, 6.07) is 9.13. The lowest BCUT2D eigenvalue weighted by Gasteiger charge is -2.14. The summed E-state index contributed by atoms with van der Waals surface area (Å²) in [5.41, 5.74) is 0.772. The molecule has 2 aromatic rings. The zero-order chi connectivity index (χ0) is 18.9. The van der Waals surface area contributed by atoms with Gasteiger partial charge in [-0.2, -0.15) is 8.78 Å². The molecular formula is C18H23F2N3O2S. The van der Waals surface area contributed by atoms with Crippen LogP contribution < -0.4 is 20.1 Å². The molecule has 2 rings (SSSR count). The van der Waals surface area contributed by atoms with E-state index in [0.717, 1.165) is 12.0 Å². The van der Waals surface area contributed by atoms with Crippen molar-refractivity contribution in [2.24, 2.45) is 4.99 Å². The van der Waals surface area contributed by atoms with E-state index in [4.69, 9.17) is 4.74 Å². The van der Waals surface area contributed by atoms with Gasteiger partial charge in [0.05, 0.1) is 13.7 Å². The van der Waals surface area contributed by atoms with Crippen molar-refractivity contribution in [1.29, 1.82) is 0 Å². The number of benzene rings is 1. The van der Waals surface area contributed by atoms with E-state index < -0.39 is 6.61 Å². The van der Waals surface area contributed by atoms with Gasteiger partial charge in [-0.15, -0.1) is 11.3 Å². The quantitative estimate of drug-likeness (QED) is 0.538. The molecule has 2 N–H and O–H groups in total. The molecule has 0 aliphatic rings. The minimum atomic E-state index is -2.90. The highest BCUT2D eigenvalue weighted by atomic mass is 32.1. The van der Waals surface area contributed by atoms with Crippen LogP contribution in [0.25, 0.3) is 0 Å². The molecule has 0 unspecified atom stereocenters. The number of thiophene rings is 1. The van der Waals surface area contributed by atoms with Gasteiger partial charge in [-0.3, -0.25) is 4.99 Å². The van der Waals surface area contributed by atoms with Gasteiger partial charge in [0.1, 0.15) is 0 Å². The van der Waals surface area contributed by atoms with Crippen molar-refractivity contribution in [3.63, 3.8) is 0 Å². The Morgan fingerprint density at radius 1 is 1.12 bits per heavy atom. The van der Waals surface area contributed by atoms with Crippen LogP contribution >= 0.6 is 11.3 Å². The van der Waals surface area contributed by atoms with E-state index in [-0.39, 0.29) is 11.5 Å². The molecule has 0 saturated carbocycles. The number of rotatable bonds is 8. The monoisotopic (exact) mass is 383 g/mol. The summed E-state index contributed by atoms with van der Waals surface area (Å²) in [7, 11) is 3.09. The standard InChI is InChI=1S/C18H23F2N3O2S/c1-4-13-6-7-14(26-13)11-23-18(21-2)22-10-12-5-8-15(24-3)16(9-12)25-17(19)20/h5-9,17H,4,10-11H2,1-3H3,(H2,21,22,23). The molecule has 0 fully saturated rings. The van der Waals surface area contributed by atoms with Crippen molar-refractivity contribution in [3.05, 3.63) is 45.6 Å². The van der Waals surface area contributed by atoms with Gasteiger partial charge in [0.2, 0.25) is 0 Å². The molecular weight excluding hydrogens is 360 g/mol. The Hall–Kier alpha value is -2.35. The largest absolute Gasteiger partial charge is 0.493 e. The van der Waals surface area contributed by atoms with Crippen molar-refractivity contribution in [2.75, 3.05) is 14.2 Å². The summed E-state index contributed by atoms with van der Waals surface area (Å²) in [5.74, 6) is 0.903. The molecule has 0 bridgehead atoms. The lowest BCUT2D eigenvalue weighted by molar-refractivity contribution is -0.0512. The Kier molecular flexibility index (Phi) is 7.65. The van der Waals surface area contributed by atoms with Crippen molar-refractivity contribution in [3.8, 4) is 11.5 Å². The average molecular weight is 383 g/mol. The van der Waals surface area contributed by atoms with E-state index in [9.17, 15) is 8.78 Å². The minimum Gasteiger partial charge on any atom is -0.493 e. The maximum Gasteiger partial charge on any atom is 0.387 e. The smallest absolute Gasteiger partial charge is 0.387 e. The number of aliphatic imine (C=N–C) groups is 1. The Labute approximate surface area is 156 Å². The molecule has 142 valence electrons. The molecule has 0 spiro atoms. The van der Waals surface area contributed by atoms with Crippen molar-refractivity contribution in [1.82, 2.24) is 10.6 Å². The SMILES string of the molecule is CCc1ccc(CNC(=NC)NCc2ccc(OC)c(OC(F)F)c2)s1. The molecule has 5 nitrogen and oxygen atoms in total. The maximum absolute atomic E-state index is 12.5. The first-order valence-electron chi connectivity index (χ1n) is 8.19. The maximum atomic E-state index is 12.5. The second kappa shape index (κ2) is 9.96. The molecule has 0 saturated heterocycles. The molecule has 0 aliphatic carbocycles. The van der Waals surface area contributed by atoms with Gasteiger partial charge < -0.3 is 20.1 Å². The number of ether oxygens (including phenoxy) is 2. The summed E-state index contributed by atoms with van der Waals surface area (Å²) in [6.45, 7) is 0.311. The van der Waals surface area contributed by atoms with Crippen LogP contribution in [-0.2, 0) is 19.5 Å². The Balaban J connectivity index is 1.92. The molecule has 26 heavy (non-hydrogen) atoms. The highest BCUT2D eigenvalue weighted by molar-refractivity contribution is 7.11. The molecule has 1 heterocycles. The zero-order valence-electron chi connectivity index (χ0n) is 15.0. The third-order valence-corrected chi connectivity index (χ3v) is 4.85. The van der Waals surface area contributed by atoms with Crippen molar-refractivity contribution >= 4 is 17.3 Å². The van der Waals surface area contributed by atoms with Crippen LogP contribution in [0.5, 0.6) is 11.5 Å². The Morgan fingerprint density at radius 3 is 2.46 bits per heavy atom. The van der Waals surface area contributed by atoms with Crippen LogP contribution in [0, 0.1) is 0 Å². The minimum absolute atomic E-state index is 0.00965. The first-order chi connectivity index (χ1) is 12.5. The number of nitrogens with zero attached hydrogens (tertiary/aromatic N) is 1. The third kappa shape index (κ3) is 5.87. The van der Waals surface area contributed by atoms with Gasteiger partial charge in [0.25, 0.3) is 0 Å². The number of nitrogens with one attached hydrogen (secondary N) is 2. The van der Waals surface area contributed by atoms with Gasteiger partial charge >= 0.3 is 6.61 Å². The van der Waals surface area contributed by atoms with Gasteiger partial charge in [0, 0.05) is 23.3 Å².